The molecule has 2 fully saturated rings. The number of anilines is 2. The molecule has 2 aromatic rings. The number of aromatic nitrogens is 1. The van der Waals surface area contributed by atoms with Crippen LogP contribution in [0.4, 0.5) is 11.5 Å². The highest BCUT2D eigenvalue weighted by atomic mass is 16.5. The molecule has 2 N–H and O–H groups in total. The molecule has 1 aromatic heterocycles. The Balaban J connectivity index is 1.33. The first-order chi connectivity index (χ1) is 15.2. The number of carbonyl (C=O) groups is 2. The van der Waals surface area contributed by atoms with Gasteiger partial charge in [-0.3, -0.25) is 9.59 Å². The molecule has 1 aliphatic heterocycles. The molecular formula is C24H30N4O3. The fourth-order valence-electron chi connectivity index (χ4n) is 4.17. The number of benzene rings is 1. The number of rotatable bonds is 6. The van der Waals surface area contributed by atoms with Crippen LogP contribution in [-0.2, 0) is 16.1 Å². The lowest BCUT2D eigenvalue weighted by molar-refractivity contribution is -0.120. The molecule has 1 aliphatic carbocycles. The summed E-state index contributed by atoms with van der Waals surface area (Å²) in [5.74, 6) is 0.879. The van der Waals surface area contributed by atoms with E-state index in [9.17, 15) is 9.59 Å². The Labute approximate surface area is 183 Å². The second-order valence-corrected chi connectivity index (χ2v) is 8.21. The third-order valence-corrected chi connectivity index (χ3v) is 5.97. The number of ether oxygens (including phenoxy) is 1. The van der Waals surface area contributed by atoms with Crippen LogP contribution >= 0.6 is 0 Å². The van der Waals surface area contributed by atoms with Gasteiger partial charge in [-0.2, -0.15) is 0 Å². The standard InChI is InChI=1S/C24H30N4O3/c29-23(26-17-18-9-10-25-22(15-18)28-11-13-31-14-12-28)20-7-4-8-21(16-20)27-24(30)19-5-2-1-3-6-19/h4,7-10,15-16,19H,1-3,5-6,11-14,17H2,(H,26,29)(H,27,30). The largest absolute Gasteiger partial charge is 0.378 e. The van der Waals surface area contributed by atoms with Crippen molar-refractivity contribution >= 4 is 23.3 Å². The first-order valence-electron chi connectivity index (χ1n) is 11.2. The average molecular weight is 423 g/mol. The molecule has 2 heterocycles. The van der Waals surface area contributed by atoms with E-state index in [1.165, 1.54) is 6.42 Å². The predicted octanol–water partition coefficient (Wildman–Crippen LogP) is 3.37. The maximum atomic E-state index is 12.7. The minimum Gasteiger partial charge on any atom is -0.378 e. The van der Waals surface area contributed by atoms with Gasteiger partial charge in [-0.25, -0.2) is 4.98 Å². The van der Waals surface area contributed by atoms with Crippen LogP contribution < -0.4 is 15.5 Å². The molecule has 164 valence electrons. The summed E-state index contributed by atoms with van der Waals surface area (Å²) in [5.41, 5.74) is 2.19. The summed E-state index contributed by atoms with van der Waals surface area (Å²) in [6, 6.07) is 11.0. The molecule has 1 aromatic carbocycles. The van der Waals surface area contributed by atoms with Gasteiger partial charge in [0.2, 0.25) is 5.91 Å². The van der Waals surface area contributed by atoms with Crippen molar-refractivity contribution in [2.75, 3.05) is 36.5 Å². The molecule has 0 radical (unpaired) electrons. The quantitative estimate of drug-likeness (QED) is 0.746. The number of amides is 2. The maximum absolute atomic E-state index is 12.7. The lowest BCUT2D eigenvalue weighted by atomic mass is 9.88. The summed E-state index contributed by atoms with van der Waals surface area (Å²) in [7, 11) is 0. The van der Waals surface area contributed by atoms with E-state index in [1.807, 2.05) is 18.2 Å². The van der Waals surface area contributed by atoms with E-state index >= 15 is 0 Å². The number of morpholine rings is 1. The number of pyridine rings is 1. The molecule has 4 rings (SSSR count). The Morgan fingerprint density at radius 3 is 2.68 bits per heavy atom. The van der Waals surface area contributed by atoms with Crippen molar-refractivity contribution in [3.05, 3.63) is 53.7 Å². The average Bonchev–Trinajstić information content (AvgIpc) is 2.84. The van der Waals surface area contributed by atoms with Crippen LogP contribution in [0.1, 0.15) is 48.0 Å². The molecule has 7 nitrogen and oxygen atoms in total. The van der Waals surface area contributed by atoms with Gasteiger partial charge in [-0.05, 0) is 48.7 Å². The Kier molecular flexibility index (Phi) is 7.14. The Bertz CT molecular complexity index is 905. The molecule has 0 atom stereocenters. The summed E-state index contributed by atoms with van der Waals surface area (Å²) in [5, 5.41) is 5.95. The van der Waals surface area contributed by atoms with Gasteiger partial charge in [0.15, 0.2) is 0 Å². The molecule has 0 bridgehead atoms. The molecule has 1 saturated carbocycles. The lowest BCUT2D eigenvalue weighted by Gasteiger charge is -2.28. The zero-order valence-electron chi connectivity index (χ0n) is 17.8. The Morgan fingerprint density at radius 2 is 1.87 bits per heavy atom. The molecule has 0 spiro atoms. The van der Waals surface area contributed by atoms with Gasteiger partial charge < -0.3 is 20.3 Å². The van der Waals surface area contributed by atoms with Gasteiger partial charge in [-0.1, -0.05) is 25.3 Å². The third kappa shape index (κ3) is 5.82. The van der Waals surface area contributed by atoms with E-state index in [1.54, 1.807) is 24.4 Å². The van der Waals surface area contributed by atoms with Gasteiger partial charge >= 0.3 is 0 Å². The van der Waals surface area contributed by atoms with E-state index in [2.05, 4.69) is 20.5 Å². The van der Waals surface area contributed by atoms with Gasteiger partial charge in [0.05, 0.1) is 13.2 Å². The zero-order chi connectivity index (χ0) is 21.5. The van der Waals surface area contributed by atoms with Gasteiger partial charge in [0.25, 0.3) is 5.91 Å². The number of hydrogen-bond donors (Lipinski definition) is 2. The second-order valence-electron chi connectivity index (χ2n) is 8.21. The van der Waals surface area contributed by atoms with Crippen molar-refractivity contribution in [2.45, 2.75) is 38.6 Å². The van der Waals surface area contributed by atoms with Crippen molar-refractivity contribution in [2.24, 2.45) is 5.92 Å². The van der Waals surface area contributed by atoms with Crippen LogP contribution in [0.25, 0.3) is 0 Å². The second kappa shape index (κ2) is 10.4. The molecular weight excluding hydrogens is 392 g/mol. The first-order valence-corrected chi connectivity index (χ1v) is 11.2. The summed E-state index contributed by atoms with van der Waals surface area (Å²) in [4.78, 5) is 31.8. The first kappa shape index (κ1) is 21.3. The van der Waals surface area contributed by atoms with Crippen molar-refractivity contribution in [1.82, 2.24) is 10.3 Å². The van der Waals surface area contributed by atoms with Gasteiger partial charge in [-0.15, -0.1) is 0 Å². The van der Waals surface area contributed by atoms with E-state index in [0.717, 1.165) is 50.2 Å². The summed E-state index contributed by atoms with van der Waals surface area (Å²) in [6.45, 7) is 3.47. The molecule has 1 saturated heterocycles. The molecule has 2 amide bonds. The van der Waals surface area contributed by atoms with Crippen molar-refractivity contribution in [3.63, 3.8) is 0 Å². The van der Waals surface area contributed by atoms with Crippen LogP contribution in [0, 0.1) is 5.92 Å². The van der Waals surface area contributed by atoms with Gasteiger partial charge in [0.1, 0.15) is 5.82 Å². The van der Waals surface area contributed by atoms with E-state index in [4.69, 9.17) is 4.74 Å². The summed E-state index contributed by atoms with van der Waals surface area (Å²) >= 11 is 0. The zero-order valence-corrected chi connectivity index (χ0v) is 17.8. The molecule has 7 heteroatoms. The number of hydrogen-bond acceptors (Lipinski definition) is 5. The lowest BCUT2D eigenvalue weighted by Crippen LogP contribution is -2.36. The normalized spacial score (nSPS) is 17.2. The Morgan fingerprint density at radius 1 is 1.06 bits per heavy atom. The Hall–Kier alpha value is -2.93. The van der Waals surface area contributed by atoms with Crippen molar-refractivity contribution in [3.8, 4) is 0 Å². The molecule has 0 unspecified atom stereocenters. The van der Waals surface area contributed by atoms with Crippen LogP contribution in [0.2, 0.25) is 0 Å². The fraction of sp³-hybridized carbons (Fsp3) is 0.458. The molecule has 31 heavy (non-hydrogen) atoms. The highest BCUT2D eigenvalue weighted by Crippen LogP contribution is 2.25. The van der Waals surface area contributed by atoms with Crippen LogP contribution in [0.3, 0.4) is 0 Å². The fourth-order valence-corrected chi connectivity index (χ4v) is 4.17. The van der Waals surface area contributed by atoms with Crippen LogP contribution in [0.15, 0.2) is 42.6 Å². The maximum Gasteiger partial charge on any atom is 0.251 e. The van der Waals surface area contributed by atoms with Crippen molar-refractivity contribution < 1.29 is 14.3 Å². The number of carbonyl (C=O) groups excluding carboxylic acids is 2. The highest BCUT2D eigenvalue weighted by Gasteiger charge is 2.21. The smallest absolute Gasteiger partial charge is 0.251 e. The minimum absolute atomic E-state index is 0.0599. The molecule has 2 aliphatic rings. The SMILES string of the molecule is O=C(NCc1ccnc(N2CCOCC2)c1)c1cccc(NC(=O)C2CCCCC2)c1. The number of nitrogens with zero attached hydrogens (tertiary/aromatic N) is 2. The third-order valence-electron chi connectivity index (χ3n) is 5.97. The van der Waals surface area contributed by atoms with Crippen LogP contribution in [-0.4, -0.2) is 43.1 Å². The minimum atomic E-state index is -0.168. The van der Waals surface area contributed by atoms with E-state index in [-0.39, 0.29) is 17.7 Å². The monoisotopic (exact) mass is 422 g/mol. The predicted molar refractivity (Wildman–Crippen MR) is 120 cm³/mol. The van der Waals surface area contributed by atoms with E-state index < -0.39 is 0 Å². The van der Waals surface area contributed by atoms with Crippen molar-refractivity contribution in [1.29, 1.82) is 0 Å². The van der Waals surface area contributed by atoms with Gasteiger partial charge in [0, 0.05) is 43.0 Å². The number of nitrogens with one attached hydrogen (secondary N) is 2. The highest BCUT2D eigenvalue weighted by molar-refractivity contribution is 5.97. The summed E-state index contributed by atoms with van der Waals surface area (Å²) in [6.07, 6.45) is 7.11. The van der Waals surface area contributed by atoms with E-state index in [0.29, 0.717) is 31.0 Å². The topological polar surface area (TPSA) is 83.6 Å². The van der Waals surface area contributed by atoms with Crippen LogP contribution in [0.5, 0.6) is 0 Å². The summed E-state index contributed by atoms with van der Waals surface area (Å²) < 4.78 is 5.39.